The number of hydrogen-bond donors (Lipinski definition) is 3. The van der Waals surface area contributed by atoms with Crippen LogP contribution in [0.15, 0.2) is 30.6 Å². The van der Waals surface area contributed by atoms with Crippen molar-refractivity contribution in [3.63, 3.8) is 0 Å². The highest BCUT2D eigenvalue weighted by atomic mass is 16.5. The number of carbonyl (C=O) groups is 1. The first-order chi connectivity index (χ1) is 9.13. The number of aromatic nitrogens is 2. The SMILES string of the molecule is COc1cccc(C(=O)NC(C)c2cn[nH]c2)c1O. The molecule has 0 aliphatic carbocycles. The average Bonchev–Trinajstić information content (AvgIpc) is 2.92. The molecule has 0 spiro atoms. The number of carbonyl (C=O) groups excluding carboxylic acids is 1. The van der Waals surface area contributed by atoms with Gasteiger partial charge in [0.1, 0.15) is 0 Å². The number of rotatable bonds is 4. The highest BCUT2D eigenvalue weighted by molar-refractivity contribution is 5.97. The summed E-state index contributed by atoms with van der Waals surface area (Å²) in [4.78, 5) is 12.1. The Balaban J connectivity index is 2.16. The summed E-state index contributed by atoms with van der Waals surface area (Å²) in [7, 11) is 1.44. The summed E-state index contributed by atoms with van der Waals surface area (Å²) in [5.41, 5.74) is 1.03. The van der Waals surface area contributed by atoms with Crippen LogP contribution in [0.5, 0.6) is 11.5 Å². The molecule has 0 bridgehead atoms. The zero-order valence-corrected chi connectivity index (χ0v) is 10.7. The van der Waals surface area contributed by atoms with Crippen LogP contribution in [-0.2, 0) is 0 Å². The first-order valence-electron chi connectivity index (χ1n) is 5.79. The number of para-hydroxylation sites is 1. The molecule has 6 nitrogen and oxygen atoms in total. The van der Waals surface area contributed by atoms with Crippen molar-refractivity contribution in [1.29, 1.82) is 0 Å². The maximum atomic E-state index is 12.1. The van der Waals surface area contributed by atoms with Crippen LogP contribution in [0.2, 0.25) is 0 Å². The largest absolute Gasteiger partial charge is 0.504 e. The Morgan fingerprint density at radius 3 is 2.95 bits per heavy atom. The van der Waals surface area contributed by atoms with Crippen molar-refractivity contribution >= 4 is 5.91 Å². The molecule has 1 atom stereocenters. The molecule has 0 radical (unpaired) electrons. The third-order valence-electron chi connectivity index (χ3n) is 2.83. The Bertz CT molecular complexity index is 567. The van der Waals surface area contributed by atoms with Crippen LogP contribution in [0.25, 0.3) is 0 Å². The Kier molecular flexibility index (Phi) is 3.70. The van der Waals surface area contributed by atoms with Gasteiger partial charge in [0, 0.05) is 11.8 Å². The summed E-state index contributed by atoms with van der Waals surface area (Å²) in [5, 5.41) is 19.2. The highest BCUT2D eigenvalue weighted by Gasteiger charge is 2.17. The topological polar surface area (TPSA) is 87.2 Å². The van der Waals surface area contributed by atoms with Crippen LogP contribution in [0.4, 0.5) is 0 Å². The molecule has 2 aromatic rings. The molecular formula is C13H15N3O3. The van der Waals surface area contributed by atoms with Crippen LogP contribution in [0.1, 0.15) is 28.9 Å². The fraction of sp³-hybridized carbons (Fsp3) is 0.231. The number of benzene rings is 1. The van der Waals surface area contributed by atoms with Crippen LogP contribution in [0, 0.1) is 0 Å². The predicted molar refractivity (Wildman–Crippen MR) is 69.1 cm³/mol. The third kappa shape index (κ3) is 2.67. The second-order valence-corrected chi connectivity index (χ2v) is 4.08. The fourth-order valence-electron chi connectivity index (χ4n) is 1.73. The van der Waals surface area contributed by atoms with Gasteiger partial charge in [0.05, 0.1) is 24.9 Å². The number of methoxy groups -OCH3 is 1. The molecule has 6 heteroatoms. The molecule has 3 N–H and O–H groups in total. The lowest BCUT2D eigenvalue weighted by Gasteiger charge is -2.13. The second kappa shape index (κ2) is 5.43. The van der Waals surface area contributed by atoms with Crippen molar-refractivity contribution in [3.8, 4) is 11.5 Å². The molecule has 1 aromatic carbocycles. The first-order valence-corrected chi connectivity index (χ1v) is 5.79. The number of nitrogens with zero attached hydrogens (tertiary/aromatic N) is 1. The monoisotopic (exact) mass is 261 g/mol. The Morgan fingerprint density at radius 1 is 1.53 bits per heavy atom. The zero-order chi connectivity index (χ0) is 13.8. The van der Waals surface area contributed by atoms with E-state index in [1.54, 1.807) is 24.5 Å². The van der Waals surface area contributed by atoms with Gasteiger partial charge in [-0.3, -0.25) is 9.89 Å². The lowest BCUT2D eigenvalue weighted by Crippen LogP contribution is -2.26. The smallest absolute Gasteiger partial charge is 0.255 e. The van der Waals surface area contributed by atoms with Gasteiger partial charge in [-0.25, -0.2) is 0 Å². The maximum Gasteiger partial charge on any atom is 0.255 e. The molecule has 0 aliphatic heterocycles. The third-order valence-corrected chi connectivity index (χ3v) is 2.83. The molecule has 0 saturated heterocycles. The van der Waals surface area contributed by atoms with E-state index in [2.05, 4.69) is 15.5 Å². The lowest BCUT2D eigenvalue weighted by molar-refractivity contribution is 0.0936. The number of phenols is 1. The molecule has 1 aromatic heterocycles. The number of hydrogen-bond acceptors (Lipinski definition) is 4. The van der Waals surface area contributed by atoms with Gasteiger partial charge in [-0.2, -0.15) is 5.10 Å². The van der Waals surface area contributed by atoms with Crippen LogP contribution in [-0.4, -0.2) is 28.3 Å². The Labute approximate surface area is 110 Å². The first kappa shape index (κ1) is 12.9. The van der Waals surface area contributed by atoms with Gasteiger partial charge in [0.2, 0.25) is 0 Å². The predicted octanol–water partition coefficient (Wildman–Crippen LogP) is 1.61. The van der Waals surface area contributed by atoms with E-state index in [0.717, 1.165) is 5.56 Å². The number of aromatic hydroxyl groups is 1. The molecule has 1 unspecified atom stereocenters. The van der Waals surface area contributed by atoms with Gasteiger partial charge in [-0.1, -0.05) is 6.07 Å². The fourth-order valence-corrected chi connectivity index (χ4v) is 1.73. The van der Waals surface area contributed by atoms with E-state index >= 15 is 0 Å². The maximum absolute atomic E-state index is 12.1. The van der Waals surface area contributed by atoms with Crippen LogP contribution < -0.4 is 10.1 Å². The van der Waals surface area contributed by atoms with E-state index in [-0.39, 0.29) is 29.0 Å². The zero-order valence-electron chi connectivity index (χ0n) is 10.7. The van der Waals surface area contributed by atoms with Crippen molar-refractivity contribution in [1.82, 2.24) is 15.5 Å². The quantitative estimate of drug-likeness (QED) is 0.780. The normalized spacial score (nSPS) is 11.9. The van der Waals surface area contributed by atoms with Gasteiger partial charge in [0.25, 0.3) is 5.91 Å². The molecule has 1 amide bonds. The van der Waals surface area contributed by atoms with Gasteiger partial charge < -0.3 is 15.2 Å². The number of nitrogens with one attached hydrogen (secondary N) is 2. The molecule has 0 aliphatic rings. The number of aromatic amines is 1. The van der Waals surface area contributed by atoms with Crippen molar-refractivity contribution < 1.29 is 14.6 Å². The number of phenolic OH excluding ortho intramolecular Hbond substituents is 1. The number of ether oxygens (including phenoxy) is 1. The summed E-state index contributed by atoms with van der Waals surface area (Å²) in [6.07, 6.45) is 3.34. The average molecular weight is 261 g/mol. The highest BCUT2D eigenvalue weighted by Crippen LogP contribution is 2.29. The number of H-pyrrole nitrogens is 1. The van der Waals surface area contributed by atoms with Crippen molar-refractivity contribution in [2.75, 3.05) is 7.11 Å². The minimum Gasteiger partial charge on any atom is -0.504 e. The van der Waals surface area contributed by atoms with E-state index in [9.17, 15) is 9.90 Å². The molecular weight excluding hydrogens is 246 g/mol. The summed E-state index contributed by atoms with van der Waals surface area (Å²) >= 11 is 0. The summed E-state index contributed by atoms with van der Waals surface area (Å²) in [5.74, 6) is -0.268. The van der Waals surface area contributed by atoms with Crippen LogP contribution >= 0.6 is 0 Å². The van der Waals surface area contributed by atoms with Gasteiger partial charge in [-0.15, -0.1) is 0 Å². The molecule has 19 heavy (non-hydrogen) atoms. The molecule has 0 saturated carbocycles. The Hall–Kier alpha value is -2.50. The van der Waals surface area contributed by atoms with Crippen LogP contribution in [0.3, 0.4) is 0 Å². The van der Waals surface area contributed by atoms with Crippen molar-refractivity contribution in [2.45, 2.75) is 13.0 Å². The lowest BCUT2D eigenvalue weighted by atomic mass is 10.1. The minimum atomic E-state index is -0.370. The molecule has 1 heterocycles. The summed E-state index contributed by atoms with van der Waals surface area (Å²) < 4.78 is 4.97. The molecule has 100 valence electrons. The standard InChI is InChI=1S/C13H15N3O3/c1-8(9-6-14-15-7-9)16-13(18)10-4-3-5-11(19-2)12(10)17/h3-8,17H,1-2H3,(H,14,15)(H,16,18). The minimum absolute atomic E-state index is 0.165. The number of amides is 1. The van der Waals surface area contributed by atoms with E-state index in [4.69, 9.17) is 4.74 Å². The Morgan fingerprint density at radius 2 is 2.32 bits per heavy atom. The van der Waals surface area contributed by atoms with E-state index < -0.39 is 0 Å². The molecule has 0 fully saturated rings. The van der Waals surface area contributed by atoms with E-state index in [1.165, 1.54) is 13.2 Å². The van der Waals surface area contributed by atoms with E-state index in [1.807, 2.05) is 6.92 Å². The second-order valence-electron chi connectivity index (χ2n) is 4.08. The summed E-state index contributed by atoms with van der Waals surface area (Å²) in [6.45, 7) is 1.83. The van der Waals surface area contributed by atoms with Crippen molar-refractivity contribution in [2.24, 2.45) is 0 Å². The molecule has 2 rings (SSSR count). The summed E-state index contributed by atoms with van der Waals surface area (Å²) in [6, 6.07) is 4.56. The van der Waals surface area contributed by atoms with Crippen molar-refractivity contribution in [3.05, 3.63) is 41.7 Å². The van der Waals surface area contributed by atoms with Gasteiger partial charge in [0.15, 0.2) is 11.5 Å². The van der Waals surface area contributed by atoms with E-state index in [0.29, 0.717) is 0 Å². The van der Waals surface area contributed by atoms with Gasteiger partial charge >= 0.3 is 0 Å². The van der Waals surface area contributed by atoms with Gasteiger partial charge in [-0.05, 0) is 19.1 Å².